The maximum atomic E-state index is 11.9. The molecular formula is C16H13N3O5. The van der Waals surface area contributed by atoms with Gasteiger partial charge in [-0.05, 0) is 18.2 Å². The summed E-state index contributed by atoms with van der Waals surface area (Å²) in [5, 5.41) is 11.8. The highest BCUT2D eigenvalue weighted by Gasteiger charge is 2.16. The number of ether oxygens (including phenoxy) is 1. The molecule has 2 heterocycles. The number of rotatable bonds is 6. The van der Waals surface area contributed by atoms with E-state index in [1.807, 2.05) is 30.3 Å². The first-order valence-corrected chi connectivity index (χ1v) is 7.14. The Morgan fingerprint density at radius 2 is 2.04 bits per heavy atom. The molecule has 2 aromatic heterocycles. The number of benzene rings is 1. The van der Waals surface area contributed by atoms with Gasteiger partial charge < -0.3 is 9.57 Å². The predicted molar refractivity (Wildman–Crippen MR) is 84.5 cm³/mol. The molecule has 0 aliphatic rings. The van der Waals surface area contributed by atoms with Crippen LogP contribution < -0.4 is 9.57 Å². The van der Waals surface area contributed by atoms with Gasteiger partial charge in [0.2, 0.25) is 0 Å². The van der Waals surface area contributed by atoms with E-state index in [4.69, 9.17) is 9.57 Å². The molecule has 3 aromatic rings. The third-order valence-corrected chi connectivity index (χ3v) is 3.26. The first-order valence-electron chi connectivity index (χ1n) is 7.14. The first kappa shape index (κ1) is 15.5. The lowest BCUT2D eigenvalue weighted by atomic mass is 10.3. The summed E-state index contributed by atoms with van der Waals surface area (Å²) in [5.74, 6) is -0.642. The number of para-hydroxylation sites is 1. The topological polar surface area (TPSA) is 96.5 Å². The monoisotopic (exact) mass is 327 g/mol. The van der Waals surface area contributed by atoms with Crippen molar-refractivity contribution in [2.75, 3.05) is 6.61 Å². The second-order valence-electron chi connectivity index (χ2n) is 4.85. The van der Waals surface area contributed by atoms with E-state index < -0.39 is 10.9 Å². The fourth-order valence-corrected chi connectivity index (χ4v) is 2.16. The second-order valence-corrected chi connectivity index (χ2v) is 4.85. The lowest BCUT2D eigenvalue weighted by Crippen LogP contribution is -2.21. The number of hydrogen-bond acceptors (Lipinski definition) is 6. The Labute approximate surface area is 136 Å². The summed E-state index contributed by atoms with van der Waals surface area (Å²) < 4.78 is 6.59. The van der Waals surface area contributed by atoms with Crippen molar-refractivity contribution in [3.63, 3.8) is 0 Å². The molecule has 0 radical (unpaired) electrons. The Hall–Kier alpha value is -3.42. The van der Waals surface area contributed by atoms with Gasteiger partial charge in [0, 0.05) is 23.8 Å². The molecule has 8 nitrogen and oxygen atoms in total. The number of carbonyl (C=O) groups is 1. The van der Waals surface area contributed by atoms with Gasteiger partial charge in [-0.1, -0.05) is 18.2 Å². The lowest BCUT2D eigenvalue weighted by molar-refractivity contribution is -0.386. The lowest BCUT2D eigenvalue weighted by Gasteiger charge is -2.07. The molecule has 0 saturated carbocycles. The largest absolute Gasteiger partial charge is 0.472 e. The Bertz CT molecular complexity index is 890. The molecule has 0 amide bonds. The molecule has 0 unspecified atom stereocenters. The van der Waals surface area contributed by atoms with Crippen molar-refractivity contribution in [1.82, 2.24) is 9.71 Å². The Morgan fingerprint density at radius 3 is 2.88 bits per heavy atom. The Balaban J connectivity index is 1.58. The van der Waals surface area contributed by atoms with Gasteiger partial charge in [-0.2, -0.15) is 4.73 Å². The minimum Gasteiger partial charge on any atom is -0.472 e. The molecule has 122 valence electrons. The molecule has 0 atom stereocenters. The van der Waals surface area contributed by atoms with Crippen LogP contribution in [0.25, 0.3) is 10.9 Å². The molecule has 0 bridgehead atoms. The minimum absolute atomic E-state index is 0.0692. The van der Waals surface area contributed by atoms with Crippen LogP contribution in [0.15, 0.2) is 54.9 Å². The molecule has 0 spiro atoms. The SMILES string of the molecule is O=C(CCOc1ncccc1[N+](=O)[O-])On1ccc2ccccc21. The van der Waals surface area contributed by atoms with Crippen molar-refractivity contribution in [2.45, 2.75) is 6.42 Å². The summed E-state index contributed by atoms with van der Waals surface area (Å²) in [4.78, 5) is 31.2. The van der Waals surface area contributed by atoms with Crippen LogP contribution in [0.1, 0.15) is 6.42 Å². The van der Waals surface area contributed by atoms with Crippen LogP contribution in [0.4, 0.5) is 5.69 Å². The molecule has 1 aromatic carbocycles. The Kier molecular flexibility index (Phi) is 4.37. The number of carbonyl (C=O) groups excluding carboxylic acids is 1. The van der Waals surface area contributed by atoms with Crippen LogP contribution in [0, 0.1) is 10.1 Å². The van der Waals surface area contributed by atoms with E-state index >= 15 is 0 Å². The summed E-state index contributed by atoms with van der Waals surface area (Å²) in [7, 11) is 0. The zero-order valence-electron chi connectivity index (χ0n) is 12.5. The summed E-state index contributed by atoms with van der Waals surface area (Å²) in [6.45, 7) is -0.0735. The van der Waals surface area contributed by atoms with Crippen LogP contribution in [0.2, 0.25) is 0 Å². The maximum absolute atomic E-state index is 11.9. The van der Waals surface area contributed by atoms with Crippen molar-refractivity contribution in [3.05, 3.63) is 65.0 Å². The van der Waals surface area contributed by atoms with Gasteiger partial charge in [-0.25, -0.2) is 9.78 Å². The van der Waals surface area contributed by atoms with Crippen molar-refractivity contribution in [2.24, 2.45) is 0 Å². The Morgan fingerprint density at radius 1 is 1.21 bits per heavy atom. The predicted octanol–water partition coefficient (Wildman–Crippen LogP) is 2.37. The van der Waals surface area contributed by atoms with Gasteiger partial charge >= 0.3 is 11.7 Å². The van der Waals surface area contributed by atoms with E-state index in [2.05, 4.69) is 4.98 Å². The molecule has 3 rings (SSSR count). The van der Waals surface area contributed by atoms with E-state index in [9.17, 15) is 14.9 Å². The standard InChI is InChI=1S/C16H13N3O5/c20-15(24-18-10-7-12-4-1-2-5-13(12)18)8-11-23-16-14(19(21)22)6-3-9-17-16/h1-7,9-10H,8,11H2. The van der Waals surface area contributed by atoms with Gasteiger partial charge in [0.1, 0.15) is 6.61 Å². The van der Waals surface area contributed by atoms with Crippen molar-refractivity contribution >= 4 is 22.6 Å². The van der Waals surface area contributed by atoms with E-state index in [-0.39, 0.29) is 24.6 Å². The van der Waals surface area contributed by atoms with Crippen molar-refractivity contribution in [3.8, 4) is 5.88 Å². The number of aromatic nitrogens is 2. The number of nitrogens with zero attached hydrogens (tertiary/aromatic N) is 3. The highest BCUT2D eigenvalue weighted by molar-refractivity contribution is 5.80. The summed E-state index contributed by atoms with van der Waals surface area (Å²) in [6.07, 6.45) is 2.96. The first-order chi connectivity index (χ1) is 11.6. The molecule has 0 saturated heterocycles. The third kappa shape index (κ3) is 3.32. The highest BCUT2D eigenvalue weighted by Crippen LogP contribution is 2.22. The summed E-state index contributed by atoms with van der Waals surface area (Å²) in [6, 6.07) is 12.0. The van der Waals surface area contributed by atoms with Crippen molar-refractivity contribution < 1.29 is 19.3 Å². The number of nitro groups is 1. The number of fused-ring (bicyclic) bond motifs is 1. The molecular weight excluding hydrogens is 314 g/mol. The second kappa shape index (κ2) is 6.78. The van der Waals surface area contributed by atoms with Crippen LogP contribution in [0.5, 0.6) is 5.88 Å². The van der Waals surface area contributed by atoms with Gasteiger partial charge in [-0.3, -0.25) is 10.1 Å². The van der Waals surface area contributed by atoms with Crippen LogP contribution in [-0.4, -0.2) is 27.2 Å². The number of hydrogen-bond donors (Lipinski definition) is 0. The van der Waals surface area contributed by atoms with E-state index in [0.717, 1.165) is 10.9 Å². The van der Waals surface area contributed by atoms with Crippen LogP contribution >= 0.6 is 0 Å². The van der Waals surface area contributed by atoms with Crippen LogP contribution in [0.3, 0.4) is 0 Å². The summed E-state index contributed by atoms with van der Waals surface area (Å²) >= 11 is 0. The zero-order chi connectivity index (χ0) is 16.9. The average Bonchev–Trinajstić information content (AvgIpc) is 2.98. The zero-order valence-corrected chi connectivity index (χ0v) is 12.5. The van der Waals surface area contributed by atoms with E-state index in [0.29, 0.717) is 0 Å². The number of pyridine rings is 1. The molecule has 0 aliphatic carbocycles. The van der Waals surface area contributed by atoms with Crippen molar-refractivity contribution in [1.29, 1.82) is 0 Å². The molecule has 24 heavy (non-hydrogen) atoms. The molecule has 8 heteroatoms. The van der Waals surface area contributed by atoms with Gasteiger partial charge in [-0.15, -0.1) is 0 Å². The molecule has 0 N–H and O–H groups in total. The maximum Gasteiger partial charge on any atom is 0.336 e. The smallest absolute Gasteiger partial charge is 0.336 e. The third-order valence-electron chi connectivity index (χ3n) is 3.26. The van der Waals surface area contributed by atoms with Gasteiger partial charge in [0.15, 0.2) is 0 Å². The fourth-order valence-electron chi connectivity index (χ4n) is 2.16. The van der Waals surface area contributed by atoms with Crippen LogP contribution in [-0.2, 0) is 4.79 Å². The molecule has 0 fully saturated rings. The summed E-state index contributed by atoms with van der Waals surface area (Å²) in [5.41, 5.74) is 0.523. The average molecular weight is 327 g/mol. The highest BCUT2D eigenvalue weighted by atomic mass is 16.7. The minimum atomic E-state index is -0.591. The van der Waals surface area contributed by atoms with Gasteiger partial charge in [0.25, 0.3) is 5.88 Å². The molecule has 0 aliphatic heterocycles. The fraction of sp³-hybridized carbons (Fsp3) is 0.125. The normalized spacial score (nSPS) is 10.5. The van der Waals surface area contributed by atoms with E-state index in [1.165, 1.54) is 23.1 Å². The van der Waals surface area contributed by atoms with E-state index in [1.54, 1.807) is 6.20 Å². The quantitative estimate of drug-likeness (QED) is 0.509. The van der Waals surface area contributed by atoms with Gasteiger partial charge in [0.05, 0.1) is 16.9 Å².